The number of nitrogens with one attached hydrogen (secondary N) is 1. The number of benzene rings is 1. The molecule has 0 bridgehead atoms. The van der Waals surface area contributed by atoms with Gasteiger partial charge in [-0.15, -0.1) is 0 Å². The molecule has 22 heavy (non-hydrogen) atoms. The molecule has 0 amide bonds. The summed E-state index contributed by atoms with van der Waals surface area (Å²) in [6, 6.07) is 8.14. The molecule has 1 atom stereocenters. The van der Waals surface area contributed by atoms with E-state index < -0.39 is 8.38 Å². The van der Waals surface area contributed by atoms with Crippen LogP contribution in [0.25, 0.3) is 0 Å². The van der Waals surface area contributed by atoms with Gasteiger partial charge in [0.05, 0.1) is 18.3 Å². The number of anilines is 1. The first kappa shape index (κ1) is 17.6. The van der Waals surface area contributed by atoms with Gasteiger partial charge in [0.2, 0.25) is 8.38 Å². The van der Waals surface area contributed by atoms with Gasteiger partial charge in [-0.3, -0.25) is 0 Å². The molecule has 1 heterocycles. The van der Waals surface area contributed by atoms with Crippen molar-refractivity contribution in [1.29, 1.82) is 0 Å². The summed E-state index contributed by atoms with van der Waals surface area (Å²) in [6.07, 6.45) is -0.0313. The average molecular weight is 327 g/mol. The summed E-state index contributed by atoms with van der Waals surface area (Å²) in [4.78, 5) is 9.71. The lowest BCUT2D eigenvalue weighted by molar-refractivity contribution is -0.297. The fourth-order valence-corrected chi connectivity index (χ4v) is 3.92. The highest BCUT2D eigenvalue weighted by molar-refractivity contribution is 7.56. The molecule has 6 heteroatoms. The monoisotopic (exact) mass is 327 g/mol. The minimum atomic E-state index is -1.06. The Hall–Kier alpha value is -0.710. The van der Waals surface area contributed by atoms with Crippen LogP contribution in [0.1, 0.15) is 34.6 Å². The molecule has 1 aromatic rings. The standard InChI is InChI=1S/C16H26NO4P/c1-12(19-18-6)11-17-13-8-7-9-14(10-13)22-20-15(2,3)16(4,5)21-22/h7-10,12,17H,11H2,1-6H3. The van der Waals surface area contributed by atoms with Crippen molar-refractivity contribution < 1.29 is 18.8 Å². The Labute approximate surface area is 134 Å². The lowest BCUT2D eigenvalue weighted by Gasteiger charge is -2.29. The summed E-state index contributed by atoms with van der Waals surface area (Å²) in [5, 5.41) is 4.40. The van der Waals surface area contributed by atoms with Crippen LogP contribution < -0.4 is 10.6 Å². The molecule has 5 nitrogen and oxygen atoms in total. The van der Waals surface area contributed by atoms with Crippen LogP contribution in [-0.2, 0) is 18.8 Å². The molecule has 0 radical (unpaired) electrons. The van der Waals surface area contributed by atoms with E-state index in [0.717, 1.165) is 11.0 Å². The van der Waals surface area contributed by atoms with E-state index in [-0.39, 0.29) is 17.3 Å². The SMILES string of the molecule is COOC(C)CNc1cccc(P2OC(C)(C)C(C)(C)O2)c1. The second kappa shape index (κ2) is 6.81. The zero-order valence-corrected chi connectivity index (χ0v) is 15.1. The van der Waals surface area contributed by atoms with Gasteiger partial charge < -0.3 is 14.4 Å². The van der Waals surface area contributed by atoms with Crippen molar-refractivity contribution in [2.24, 2.45) is 0 Å². The molecule has 1 aliphatic rings. The number of rotatable bonds is 6. The van der Waals surface area contributed by atoms with Crippen LogP contribution >= 0.6 is 8.38 Å². The van der Waals surface area contributed by atoms with E-state index in [2.05, 4.69) is 44.0 Å². The highest BCUT2D eigenvalue weighted by atomic mass is 31.2. The Bertz CT molecular complexity index is 491. The largest absolute Gasteiger partial charge is 0.382 e. The van der Waals surface area contributed by atoms with Gasteiger partial charge in [-0.2, -0.15) is 0 Å². The lowest BCUT2D eigenvalue weighted by atomic mass is 9.90. The van der Waals surface area contributed by atoms with Crippen LogP contribution in [0, 0.1) is 0 Å². The molecule has 0 aromatic heterocycles. The first-order valence-corrected chi connectivity index (χ1v) is 8.65. The minimum Gasteiger partial charge on any atom is -0.382 e. The predicted octanol–water partition coefficient (Wildman–Crippen LogP) is 3.61. The van der Waals surface area contributed by atoms with Crippen LogP contribution in [-0.4, -0.2) is 31.0 Å². The molecule has 0 spiro atoms. The summed E-state index contributed by atoms with van der Waals surface area (Å²) in [7, 11) is 0.451. The van der Waals surface area contributed by atoms with Crippen LogP contribution in [0.5, 0.6) is 0 Å². The normalized spacial score (nSPS) is 21.7. The van der Waals surface area contributed by atoms with Gasteiger partial charge in [0, 0.05) is 17.5 Å². The first-order valence-electron chi connectivity index (χ1n) is 7.47. The van der Waals surface area contributed by atoms with E-state index in [4.69, 9.17) is 13.9 Å². The summed E-state index contributed by atoms with van der Waals surface area (Å²) < 4.78 is 12.3. The molecule has 0 saturated carbocycles. The Morgan fingerprint density at radius 2 is 1.82 bits per heavy atom. The minimum absolute atomic E-state index is 0.0313. The second-order valence-corrected chi connectivity index (χ2v) is 7.86. The van der Waals surface area contributed by atoms with Crippen molar-refractivity contribution in [1.82, 2.24) is 0 Å². The smallest absolute Gasteiger partial charge is 0.206 e. The van der Waals surface area contributed by atoms with Gasteiger partial charge in [0.1, 0.15) is 6.10 Å². The maximum atomic E-state index is 6.14. The van der Waals surface area contributed by atoms with E-state index in [1.807, 2.05) is 25.1 Å². The highest BCUT2D eigenvalue weighted by Gasteiger charge is 2.50. The van der Waals surface area contributed by atoms with Crippen LogP contribution in [0.2, 0.25) is 0 Å². The number of hydrogen-bond donors (Lipinski definition) is 1. The van der Waals surface area contributed by atoms with Crippen molar-refractivity contribution >= 4 is 19.4 Å². The average Bonchev–Trinajstić information content (AvgIpc) is 2.66. The molecular formula is C16H26NO4P. The van der Waals surface area contributed by atoms with Gasteiger partial charge in [-0.1, -0.05) is 6.07 Å². The number of hydrogen-bond acceptors (Lipinski definition) is 5. The fraction of sp³-hybridized carbons (Fsp3) is 0.625. The maximum absolute atomic E-state index is 6.14. The fourth-order valence-electron chi connectivity index (χ4n) is 1.95. The third-order valence-corrected chi connectivity index (χ3v) is 5.93. The zero-order valence-electron chi connectivity index (χ0n) is 14.2. The van der Waals surface area contributed by atoms with E-state index in [0.29, 0.717) is 6.54 Å². The van der Waals surface area contributed by atoms with E-state index in [1.54, 1.807) is 0 Å². The van der Waals surface area contributed by atoms with Crippen molar-refractivity contribution in [3.05, 3.63) is 24.3 Å². The maximum Gasteiger partial charge on any atom is 0.206 e. The molecule has 1 unspecified atom stereocenters. The molecule has 1 saturated heterocycles. The highest BCUT2D eigenvalue weighted by Crippen LogP contribution is 2.57. The van der Waals surface area contributed by atoms with Crippen molar-refractivity contribution in [3.63, 3.8) is 0 Å². The Balaban J connectivity index is 2.03. The van der Waals surface area contributed by atoms with Gasteiger partial charge in [-0.25, -0.2) is 9.78 Å². The van der Waals surface area contributed by atoms with Crippen molar-refractivity contribution in [2.75, 3.05) is 19.0 Å². The van der Waals surface area contributed by atoms with E-state index in [9.17, 15) is 0 Å². The lowest BCUT2D eigenvalue weighted by Crippen LogP contribution is -2.41. The van der Waals surface area contributed by atoms with Crippen LogP contribution in [0.4, 0.5) is 5.69 Å². The molecular weight excluding hydrogens is 301 g/mol. The van der Waals surface area contributed by atoms with Crippen molar-refractivity contribution in [2.45, 2.75) is 51.9 Å². The Kier molecular flexibility index (Phi) is 5.46. The topological polar surface area (TPSA) is 49.0 Å². The zero-order chi connectivity index (χ0) is 16.4. The summed E-state index contributed by atoms with van der Waals surface area (Å²) >= 11 is 0. The molecule has 124 valence electrons. The second-order valence-electron chi connectivity index (χ2n) is 6.47. The van der Waals surface area contributed by atoms with Crippen molar-refractivity contribution in [3.8, 4) is 0 Å². The Morgan fingerprint density at radius 3 is 2.41 bits per heavy atom. The van der Waals surface area contributed by atoms with Crippen LogP contribution in [0.15, 0.2) is 24.3 Å². The molecule has 1 aliphatic heterocycles. The quantitative estimate of drug-likeness (QED) is 0.491. The molecule has 1 fully saturated rings. The van der Waals surface area contributed by atoms with Gasteiger partial charge >= 0.3 is 0 Å². The summed E-state index contributed by atoms with van der Waals surface area (Å²) in [5.74, 6) is 0. The summed E-state index contributed by atoms with van der Waals surface area (Å²) in [5.41, 5.74) is 0.410. The third-order valence-electron chi connectivity index (χ3n) is 3.98. The predicted molar refractivity (Wildman–Crippen MR) is 89.4 cm³/mol. The molecule has 2 rings (SSSR count). The summed E-state index contributed by atoms with van der Waals surface area (Å²) in [6.45, 7) is 10.9. The molecule has 1 aromatic carbocycles. The third kappa shape index (κ3) is 3.98. The van der Waals surface area contributed by atoms with Gasteiger partial charge in [0.15, 0.2) is 0 Å². The molecule has 0 aliphatic carbocycles. The van der Waals surface area contributed by atoms with Crippen LogP contribution in [0.3, 0.4) is 0 Å². The first-order chi connectivity index (χ1) is 10.2. The van der Waals surface area contributed by atoms with Gasteiger partial charge in [-0.05, 0) is 52.8 Å². The van der Waals surface area contributed by atoms with Gasteiger partial charge in [0.25, 0.3) is 0 Å². The Morgan fingerprint density at radius 1 is 1.18 bits per heavy atom. The van der Waals surface area contributed by atoms with E-state index >= 15 is 0 Å². The molecule has 1 N–H and O–H groups in total. The van der Waals surface area contributed by atoms with E-state index in [1.165, 1.54) is 7.11 Å².